The molecule has 0 atom stereocenters. The van der Waals surface area contributed by atoms with Gasteiger partial charge in [-0.2, -0.15) is 0 Å². The van der Waals surface area contributed by atoms with Gasteiger partial charge < -0.3 is 5.11 Å². The van der Waals surface area contributed by atoms with Gasteiger partial charge in [0.2, 0.25) is 5.16 Å². The summed E-state index contributed by atoms with van der Waals surface area (Å²) in [7, 11) is 0. The lowest BCUT2D eigenvalue weighted by molar-refractivity contribution is -0.136. The van der Waals surface area contributed by atoms with E-state index in [2.05, 4.69) is 20.2 Å². The lowest BCUT2D eigenvalue weighted by Gasteiger charge is -2.01. The number of thioether (sulfide) groups is 1. The summed E-state index contributed by atoms with van der Waals surface area (Å²) in [6.07, 6.45) is 3.47. The van der Waals surface area contributed by atoms with Crippen molar-refractivity contribution >= 4 is 17.7 Å². The maximum absolute atomic E-state index is 10.7. The van der Waals surface area contributed by atoms with Crippen molar-refractivity contribution in [1.29, 1.82) is 0 Å². The Balaban J connectivity index is 1.60. The Bertz CT molecular complexity index is 787. The third-order valence-electron chi connectivity index (χ3n) is 3.16. The van der Waals surface area contributed by atoms with Gasteiger partial charge in [-0.3, -0.25) is 14.9 Å². The van der Waals surface area contributed by atoms with Crippen LogP contribution in [0.15, 0.2) is 53.9 Å². The first-order chi connectivity index (χ1) is 11.2. The number of aliphatic carboxylic acids is 1. The number of aromatic nitrogens is 4. The van der Waals surface area contributed by atoms with Crippen LogP contribution in [0, 0.1) is 0 Å². The number of aromatic amines is 1. The summed E-state index contributed by atoms with van der Waals surface area (Å²) in [5, 5.41) is 16.5. The quantitative estimate of drug-likeness (QED) is 0.677. The highest BCUT2D eigenvalue weighted by Crippen LogP contribution is 2.22. The molecule has 2 heterocycles. The fourth-order valence-electron chi connectivity index (χ4n) is 2.03. The number of rotatable bonds is 6. The smallest absolute Gasteiger partial charge is 0.307 e. The Morgan fingerprint density at radius 3 is 2.48 bits per heavy atom. The van der Waals surface area contributed by atoms with Crippen LogP contribution in [0.25, 0.3) is 11.4 Å². The third kappa shape index (κ3) is 4.17. The molecule has 0 fully saturated rings. The molecule has 3 rings (SSSR count). The van der Waals surface area contributed by atoms with E-state index in [9.17, 15) is 4.79 Å². The number of carboxylic acid groups (broad SMARTS) is 1. The first kappa shape index (κ1) is 15.2. The minimum absolute atomic E-state index is 0.0453. The highest BCUT2D eigenvalue weighted by atomic mass is 32.2. The SMILES string of the molecule is O=C(O)Cc1ccc(CSc2n[nH]c(-c3ccncc3)n2)cc1. The van der Waals surface area contributed by atoms with Crippen LogP contribution in [0.2, 0.25) is 0 Å². The number of hydrogen-bond donors (Lipinski definition) is 2. The van der Waals surface area contributed by atoms with E-state index in [1.165, 1.54) is 11.8 Å². The Labute approximate surface area is 137 Å². The second-order valence-corrected chi connectivity index (χ2v) is 5.82. The molecule has 0 saturated heterocycles. The van der Waals surface area contributed by atoms with Crippen LogP contribution in [-0.4, -0.2) is 31.2 Å². The summed E-state index contributed by atoms with van der Waals surface area (Å²) in [4.78, 5) is 19.1. The zero-order valence-electron chi connectivity index (χ0n) is 12.1. The molecule has 1 aromatic carbocycles. The van der Waals surface area contributed by atoms with E-state index in [-0.39, 0.29) is 6.42 Å². The lowest BCUT2D eigenvalue weighted by atomic mass is 10.1. The van der Waals surface area contributed by atoms with E-state index < -0.39 is 5.97 Å². The number of nitrogens with zero attached hydrogens (tertiary/aromatic N) is 3. The number of carbonyl (C=O) groups is 1. The summed E-state index contributed by atoms with van der Waals surface area (Å²) < 4.78 is 0. The molecule has 2 N–H and O–H groups in total. The van der Waals surface area contributed by atoms with Crippen molar-refractivity contribution in [3.8, 4) is 11.4 Å². The summed E-state index contributed by atoms with van der Waals surface area (Å²) >= 11 is 1.52. The van der Waals surface area contributed by atoms with Crippen LogP contribution < -0.4 is 0 Å². The fraction of sp³-hybridized carbons (Fsp3) is 0.125. The first-order valence-electron chi connectivity index (χ1n) is 6.96. The number of H-pyrrole nitrogens is 1. The van der Waals surface area contributed by atoms with Gasteiger partial charge in [0.15, 0.2) is 5.82 Å². The van der Waals surface area contributed by atoms with Gasteiger partial charge in [0.1, 0.15) is 0 Å². The first-order valence-corrected chi connectivity index (χ1v) is 7.94. The average Bonchev–Trinajstić information content (AvgIpc) is 3.04. The number of nitrogens with one attached hydrogen (secondary N) is 1. The summed E-state index contributed by atoms with van der Waals surface area (Å²) in [6.45, 7) is 0. The molecule has 0 unspecified atom stereocenters. The Kier molecular flexibility index (Phi) is 4.68. The third-order valence-corrected chi connectivity index (χ3v) is 4.08. The molecule has 6 nitrogen and oxygen atoms in total. The summed E-state index contributed by atoms with van der Waals surface area (Å²) in [5.41, 5.74) is 2.83. The number of pyridine rings is 1. The van der Waals surface area contributed by atoms with Gasteiger partial charge in [0.05, 0.1) is 6.42 Å². The maximum atomic E-state index is 10.7. The highest BCUT2D eigenvalue weighted by Gasteiger charge is 2.06. The molecule has 0 amide bonds. The van der Waals surface area contributed by atoms with E-state index in [1.807, 2.05) is 36.4 Å². The van der Waals surface area contributed by atoms with Gasteiger partial charge >= 0.3 is 5.97 Å². The maximum Gasteiger partial charge on any atom is 0.307 e. The molecule has 23 heavy (non-hydrogen) atoms. The van der Waals surface area contributed by atoms with E-state index in [0.29, 0.717) is 11.0 Å². The second kappa shape index (κ2) is 7.06. The van der Waals surface area contributed by atoms with Gasteiger partial charge in [-0.05, 0) is 23.3 Å². The molecule has 0 aliphatic carbocycles. The molecule has 0 spiro atoms. The normalized spacial score (nSPS) is 10.6. The summed E-state index contributed by atoms with van der Waals surface area (Å²) in [5.74, 6) is 0.615. The Hall–Kier alpha value is -2.67. The van der Waals surface area contributed by atoms with Crippen molar-refractivity contribution in [1.82, 2.24) is 20.2 Å². The van der Waals surface area contributed by atoms with E-state index >= 15 is 0 Å². The van der Waals surface area contributed by atoms with Crippen molar-refractivity contribution in [2.24, 2.45) is 0 Å². The topological polar surface area (TPSA) is 91.8 Å². The zero-order chi connectivity index (χ0) is 16.1. The minimum atomic E-state index is -0.823. The molecular weight excluding hydrogens is 312 g/mol. The van der Waals surface area contributed by atoms with Gasteiger partial charge in [-0.25, -0.2) is 4.98 Å². The zero-order valence-corrected chi connectivity index (χ0v) is 13.0. The number of benzene rings is 1. The van der Waals surface area contributed by atoms with Crippen molar-refractivity contribution in [2.45, 2.75) is 17.3 Å². The van der Waals surface area contributed by atoms with E-state index in [1.54, 1.807) is 12.4 Å². The van der Waals surface area contributed by atoms with Crippen molar-refractivity contribution < 1.29 is 9.90 Å². The Morgan fingerprint density at radius 2 is 1.78 bits per heavy atom. The van der Waals surface area contributed by atoms with Gasteiger partial charge in [0.25, 0.3) is 0 Å². The van der Waals surface area contributed by atoms with Crippen molar-refractivity contribution in [3.05, 3.63) is 59.9 Å². The standard InChI is InChI=1S/C16H14N4O2S/c21-14(22)9-11-1-3-12(4-2-11)10-23-16-18-15(19-20-16)13-5-7-17-8-6-13/h1-8H,9-10H2,(H,21,22)(H,18,19,20). The minimum Gasteiger partial charge on any atom is -0.481 e. The van der Waals surface area contributed by atoms with Crippen LogP contribution in [0.3, 0.4) is 0 Å². The van der Waals surface area contributed by atoms with Gasteiger partial charge in [-0.15, -0.1) is 5.10 Å². The molecule has 2 aromatic heterocycles. The van der Waals surface area contributed by atoms with Crippen LogP contribution in [0.4, 0.5) is 0 Å². The largest absolute Gasteiger partial charge is 0.481 e. The molecular formula is C16H14N4O2S. The average molecular weight is 326 g/mol. The van der Waals surface area contributed by atoms with Crippen molar-refractivity contribution in [2.75, 3.05) is 0 Å². The second-order valence-electron chi connectivity index (χ2n) is 4.88. The van der Waals surface area contributed by atoms with Crippen LogP contribution in [0.5, 0.6) is 0 Å². The summed E-state index contributed by atoms with van der Waals surface area (Å²) in [6, 6.07) is 11.3. The molecule has 0 bridgehead atoms. The molecule has 0 saturated carbocycles. The van der Waals surface area contributed by atoms with Gasteiger partial charge in [0, 0.05) is 23.7 Å². The van der Waals surface area contributed by atoms with Gasteiger partial charge in [-0.1, -0.05) is 36.0 Å². The molecule has 0 aliphatic rings. The predicted molar refractivity (Wildman–Crippen MR) is 87.0 cm³/mol. The molecule has 0 aliphatic heterocycles. The van der Waals surface area contributed by atoms with E-state index in [4.69, 9.17) is 5.11 Å². The number of carboxylic acids is 1. The van der Waals surface area contributed by atoms with Crippen molar-refractivity contribution in [3.63, 3.8) is 0 Å². The predicted octanol–water partition coefficient (Wildman–Crippen LogP) is 2.79. The molecule has 116 valence electrons. The Morgan fingerprint density at radius 1 is 1.09 bits per heavy atom. The lowest BCUT2D eigenvalue weighted by Crippen LogP contribution is -1.99. The number of hydrogen-bond acceptors (Lipinski definition) is 5. The van der Waals surface area contributed by atoms with Crippen LogP contribution in [-0.2, 0) is 17.0 Å². The van der Waals surface area contributed by atoms with Crippen LogP contribution >= 0.6 is 11.8 Å². The monoisotopic (exact) mass is 326 g/mol. The fourth-order valence-corrected chi connectivity index (χ4v) is 2.78. The van der Waals surface area contributed by atoms with Crippen LogP contribution in [0.1, 0.15) is 11.1 Å². The molecule has 0 radical (unpaired) electrons. The molecule has 3 aromatic rings. The van der Waals surface area contributed by atoms with E-state index in [0.717, 1.165) is 22.4 Å². The molecule has 7 heteroatoms. The highest BCUT2D eigenvalue weighted by molar-refractivity contribution is 7.98.